The molecular formula is C22H20F3N3O4. The minimum absolute atomic E-state index is 0.232. The predicted octanol–water partition coefficient (Wildman–Crippen LogP) is 3.77. The Labute approximate surface area is 182 Å². The van der Waals surface area contributed by atoms with Crippen molar-refractivity contribution < 1.29 is 32.2 Å². The summed E-state index contributed by atoms with van der Waals surface area (Å²) < 4.78 is 50.0. The van der Waals surface area contributed by atoms with E-state index in [1.165, 1.54) is 43.5 Å². The number of rotatable bonds is 8. The van der Waals surface area contributed by atoms with Crippen LogP contribution in [-0.4, -0.2) is 32.1 Å². The van der Waals surface area contributed by atoms with Gasteiger partial charge in [0.1, 0.15) is 11.6 Å². The summed E-state index contributed by atoms with van der Waals surface area (Å²) in [4.78, 5) is 24.0. The number of halogens is 3. The summed E-state index contributed by atoms with van der Waals surface area (Å²) in [6.45, 7) is 1.99. The fourth-order valence-electron chi connectivity index (χ4n) is 2.63. The van der Waals surface area contributed by atoms with Crippen LogP contribution in [0.25, 0.3) is 6.08 Å². The molecule has 0 aliphatic heterocycles. The monoisotopic (exact) mass is 447 g/mol. The Morgan fingerprint density at radius 2 is 1.88 bits per heavy atom. The second-order valence-electron chi connectivity index (χ2n) is 6.32. The molecular weight excluding hydrogens is 427 g/mol. The van der Waals surface area contributed by atoms with E-state index in [0.717, 1.165) is 12.1 Å². The maximum Gasteiger partial charge on any atom is 0.418 e. The fourth-order valence-corrected chi connectivity index (χ4v) is 2.63. The number of hydrogen-bond donors (Lipinski definition) is 2. The van der Waals surface area contributed by atoms with E-state index < -0.39 is 28.9 Å². The number of ether oxygens (including phenoxy) is 2. The zero-order valence-corrected chi connectivity index (χ0v) is 17.2. The van der Waals surface area contributed by atoms with Crippen molar-refractivity contribution in [2.75, 3.05) is 25.6 Å². The van der Waals surface area contributed by atoms with E-state index in [1.54, 1.807) is 13.0 Å². The third kappa shape index (κ3) is 6.50. The molecule has 2 aromatic rings. The van der Waals surface area contributed by atoms with Gasteiger partial charge in [-0.1, -0.05) is 18.2 Å². The van der Waals surface area contributed by atoms with Crippen molar-refractivity contribution in [3.63, 3.8) is 0 Å². The molecule has 0 aliphatic rings. The van der Waals surface area contributed by atoms with Crippen LogP contribution in [0.5, 0.6) is 11.5 Å². The van der Waals surface area contributed by atoms with Gasteiger partial charge in [0.05, 0.1) is 18.4 Å². The Bertz CT molecular complexity index is 1060. The summed E-state index contributed by atoms with van der Waals surface area (Å²) in [5.74, 6) is -0.818. The first-order valence-corrected chi connectivity index (χ1v) is 9.36. The van der Waals surface area contributed by atoms with E-state index >= 15 is 0 Å². The summed E-state index contributed by atoms with van der Waals surface area (Å²) >= 11 is 0. The molecule has 10 heteroatoms. The molecule has 0 aromatic heterocycles. The predicted molar refractivity (Wildman–Crippen MR) is 111 cm³/mol. The topological polar surface area (TPSA) is 100 Å². The number of nitrogens with one attached hydrogen (secondary N) is 2. The first kappa shape index (κ1) is 24.3. The maximum absolute atomic E-state index is 13.1. The third-order valence-corrected chi connectivity index (χ3v) is 4.08. The smallest absolute Gasteiger partial charge is 0.418 e. The summed E-state index contributed by atoms with van der Waals surface area (Å²) in [6, 6.07) is 10.6. The average Bonchev–Trinajstić information content (AvgIpc) is 2.76. The Kier molecular flexibility index (Phi) is 8.24. The van der Waals surface area contributed by atoms with Crippen LogP contribution in [0.2, 0.25) is 0 Å². The lowest BCUT2D eigenvalue weighted by Gasteiger charge is -2.13. The highest BCUT2D eigenvalue weighted by Gasteiger charge is 2.33. The molecule has 2 aromatic carbocycles. The van der Waals surface area contributed by atoms with E-state index in [-0.39, 0.29) is 24.0 Å². The number of anilines is 1. The minimum atomic E-state index is -4.67. The standard InChI is InChI=1S/C22H20F3N3O4/c1-3-27-20(29)13-32-18-9-8-14(11-19(18)31-2)10-15(12-26)21(30)28-17-7-5-4-6-16(17)22(23,24)25/h4-11H,3,13H2,1-2H3,(H,27,29)(H,28,30)/b15-10+. The number of alkyl halides is 3. The molecule has 7 nitrogen and oxygen atoms in total. The first-order chi connectivity index (χ1) is 15.2. The number of carbonyl (C=O) groups excluding carboxylic acids is 2. The van der Waals surface area contributed by atoms with Crippen LogP contribution in [-0.2, 0) is 15.8 Å². The first-order valence-electron chi connectivity index (χ1n) is 9.36. The third-order valence-electron chi connectivity index (χ3n) is 4.08. The highest BCUT2D eigenvalue weighted by molar-refractivity contribution is 6.10. The Balaban J connectivity index is 2.23. The molecule has 0 heterocycles. The molecule has 2 N–H and O–H groups in total. The van der Waals surface area contributed by atoms with Crippen molar-refractivity contribution >= 4 is 23.6 Å². The van der Waals surface area contributed by atoms with Gasteiger partial charge >= 0.3 is 6.18 Å². The van der Waals surface area contributed by atoms with Crippen molar-refractivity contribution in [2.24, 2.45) is 0 Å². The molecule has 0 saturated carbocycles. The van der Waals surface area contributed by atoms with E-state index in [4.69, 9.17) is 9.47 Å². The van der Waals surface area contributed by atoms with Crippen molar-refractivity contribution in [1.29, 1.82) is 5.26 Å². The molecule has 0 bridgehead atoms. The normalized spacial score (nSPS) is 11.3. The van der Waals surface area contributed by atoms with Crippen LogP contribution < -0.4 is 20.1 Å². The summed E-state index contributed by atoms with van der Waals surface area (Å²) in [6.07, 6.45) is -3.47. The lowest BCUT2D eigenvalue weighted by atomic mass is 10.1. The molecule has 0 spiro atoms. The summed E-state index contributed by atoms with van der Waals surface area (Å²) in [5.41, 5.74) is -1.54. The molecule has 0 radical (unpaired) electrons. The molecule has 0 fully saturated rings. The number of carbonyl (C=O) groups is 2. The van der Waals surface area contributed by atoms with Gasteiger partial charge in [-0.15, -0.1) is 0 Å². The number of nitrogens with zero attached hydrogens (tertiary/aromatic N) is 1. The molecule has 0 atom stereocenters. The lowest BCUT2D eigenvalue weighted by molar-refractivity contribution is -0.137. The zero-order valence-electron chi connectivity index (χ0n) is 17.2. The Morgan fingerprint density at radius 3 is 2.50 bits per heavy atom. The van der Waals surface area contributed by atoms with Crippen molar-refractivity contribution in [2.45, 2.75) is 13.1 Å². The number of para-hydroxylation sites is 1. The van der Waals surface area contributed by atoms with Crippen molar-refractivity contribution in [1.82, 2.24) is 5.32 Å². The maximum atomic E-state index is 13.1. The SMILES string of the molecule is CCNC(=O)COc1ccc(/C=C(\C#N)C(=O)Nc2ccccc2C(F)(F)F)cc1OC. The van der Waals surface area contributed by atoms with E-state index in [9.17, 15) is 28.0 Å². The van der Waals surface area contributed by atoms with Crippen LogP contribution in [0.4, 0.5) is 18.9 Å². The van der Waals surface area contributed by atoms with Gasteiger partial charge in [0.2, 0.25) is 0 Å². The van der Waals surface area contributed by atoms with Gasteiger partial charge in [-0.25, -0.2) is 0 Å². The van der Waals surface area contributed by atoms with E-state index in [2.05, 4.69) is 10.6 Å². The number of hydrogen-bond acceptors (Lipinski definition) is 5. The van der Waals surface area contributed by atoms with Crippen LogP contribution in [0.15, 0.2) is 48.0 Å². The lowest BCUT2D eigenvalue weighted by Crippen LogP contribution is -2.28. The quantitative estimate of drug-likeness (QED) is 0.474. The number of likely N-dealkylation sites (N-methyl/N-ethyl adjacent to an activating group) is 1. The van der Waals surface area contributed by atoms with Crippen LogP contribution >= 0.6 is 0 Å². The number of benzene rings is 2. The second-order valence-corrected chi connectivity index (χ2v) is 6.32. The molecule has 0 saturated heterocycles. The highest BCUT2D eigenvalue weighted by Crippen LogP contribution is 2.35. The Hall–Kier alpha value is -4.00. The van der Waals surface area contributed by atoms with Crippen LogP contribution in [0, 0.1) is 11.3 Å². The minimum Gasteiger partial charge on any atom is -0.493 e. The van der Waals surface area contributed by atoms with Gasteiger partial charge < -0.3 is 20.1 Å². The van der Waals surface area contributed by atoms with Crippen molar-refractivity contribution in [3.05, 3.63) is 59.2 Å². The Morgan fingerprint density at radius 1 is 1.16 bits per heavy atom. The van der Waals surface area contributed by atoms with Crippen LogP contribution in [0.3, 0.4) is 0 Å². The van der Waals surface area contributed by atoms with E-state index in [1.807, 2.05) is 0 Å². The highest BCUT2D eigenvalue weighted by atomic mass is 19.4. The molecule has 0 unspecified atom stereocenters. The molecule has 2 amide bonds. The number of methoxy groups -OCH3 is 1. The molecule has 0 aliphatic carbocycles. The van der Waals surface area contributed by atoms with Crippen molar-refractivity contribution in [3.8, 4) is 17.6 Å². The van der Waals surface area contributed by atoms with Gasteiger partial charge in [0.25, 0.3) is 11.8 Å². The van der Waals surface area contributed by atoms with Gasteiger partial charge in [-0.2, -0.15) is 18.4 Å². The van der Waals surface area contributed by atoms with Gasteiger partial charge in [0.15, 0.2) is 18.1 Å². The number of nitriles is 1. The summed E-state index contributed by atoms with van der Waals surface area (Å²) in [7, 11) is 1.37. The van der Waals surface area contributed by atoms with Gasteiger partial charge in [-0.05, 0) is 42.8 Å². The molecule has 32 heavy (non-hydrogen) atoms. The fraction of sp³-hybridized carbons (Fsp3) is 0.227. The van der Waals surface area contributed by atoms with Gasteiger partial charge in [-0.3, -0.25) is 9.59 Å². The molecule has 2 rings (SSSR count). The molecule has 168 valence electrons. The zero-order chi connectivity index (χ0) is 23.7. The largest absolute Gasteiger partial charge is 0.493 e. The average molecular weight is 447 g/mol. The van der Waals surface area contributed by atoms with Gasteiger partial charge in [0, 0.05) is 6.54 Å². The second kappa shape index (κ2) is 10.9. The van der Waals surface area contributed by atoms with E-state index in [0.29, 0.717) is 12.1 Å². The number of amides is 2. The summed E-state index contributed by atoms with van der Waals surface area (Å²) in [5, 5.41) is 14.0. The van der Waals surface area contributed by atoms with Crippen LogP contribution in [0.1, 0.15) is 18.1 Å².